The Morgan fingerprint density at radius 1 is 1.42 bits per heavy atom. The second kappa shape index (κ2) is 7.67. The monoisotopic (exact) mass is 377 g/mol. The van der Waals surface area contributed by atoms with E-state index in [0.717, 1.165) is 18.7 Å². The highest BCUT2D eigenvalue weighted by molar-refractivity contribution is 14.0. The van der Waals surface area contributed by atoms with E-state index in [2.05, 4.69) is 16.8 Å². The number of aliphatic imine (C=N–C) groups is 1. The van der Waals surface area contributed by atoms with Gasteiger partial charge in [0.15, 0.2) is 5.96 Å². The summed E-state index contributed by atoms with van der Waals surface area (Å²) >= 11 is 0. The summed E-state index contributed by atoms with van der Waals surface area (Å²) in [5, 5.41) is 0. The third kappa shape index (κ3) is 4.97. The maximum Gasteiger partial charge on any atom is 0.191 e. The fraction of sp³-hybridized carbons (Fsp3) is 0.500. The van der Waals surface area contributed by atoms with Crippen LogP contribution in [0.1, 0.15) is 25.3 Å². The Hall–Kier alpha value is -0.850. The maximum atomic E-state index is 12.8. The Bertz CT molecular complexity index is 419. The van der Waals surface area contributed by atoms with Gasteiger partial charge >= 0.3 is 0 Å². The van der Waals surface area contributed by atoms with Gasteiger partial charge in [-0.05, 0) is 36.5 Å². The number of hydrogen-bond acceptors (Lipinski definition) is 1. The zero-order valence-electron chi connectivity index (χ0n) is 11.2. The molecule has 1 saturated heterocycles. The number of nitrogens with two attached hydrogens (primary N) is 1. The molecule has 2 N–H and O–H groups in total. The minimum Gasteiger partial charge on any atom is -0.370 e. The number of rotatable bonds is 2. The molecular weight excluding hydrogens is 356 g/mol. The van der Waals surface area contributed by atoms with Crippen LogP contribution in [0.2, 0.25) is 0 Å². The third-order valence-electron chi connectivity index (χ3n) is 3.32. The fourth-order valence-electron chi connectivity index (χ4n) is 2.26. The lowest BCUT2D eigenvalue weighted by Gasteiger charge is -2.31. The molecule has 106 valence electrons. The molecule has 19 heavy (non-hydrogen) atoms. The summed E-state index contributed by atoms with van der Waals surface area (Å²) in [6, 6.07) is 6.38. The highest BCUT2D eigenvalue weighted by Gasteiger charge is 2.17. The van der Waals surface area contributed by atoms with E-state index in [0.29, 0.717) is 18.4 Å². The van der Waals surface area contributed by atoms with Gasteiger partial charge in [-0.2, -0.15) is 0 Å². The zero-order valence-corrected chi connectivity index (χ0v) is 13.5. The molecule has 1 aliphatic rings. The standard InChI is InChI=1S/C14H20FN3.HI/c1-11-3-2-8-18(10-11)14(16)17-9-12-4-6-13(15)7-5-12;/h4-7,11H,2-3,8-10H2,1H3,(H2,16,17);1H. The van der Waals surface area contributed by atoms with E-state index in [1.165, 1.54) is 25.0 Å². The van der Waals surface area contributed by atoms with E-state index in [1.807, 2.05) is 0 Å². The van der Waals surface area contributed by atoms with Crippen molar-refractivity contribution in [3.63, 3.8) is 0 Å². The minimum absolute atomic E-state index is 0. The molecule has 1 aromatic carbocycles. The van der Waals surface area contributed by atoms with Gasteiger partial charge in [-0.25, -0.2) is 9.38 Å². The molecule has 0 saturated carbocycles. The van der Waals surface area contributed by atoms with E-state index >= 15 is 0 Å². The Morgan fingerprint density at radius 3 is 2.74 bits per heavy atom. The van der Waals surface area contributed by atoms with Crippen molar-refractivity contribution in [1.29, 1.82) is 0 Å². The first kappa shape index (κ1) is 16.2. The summed E-state index contributed by atoms with van der Waals surface area (Å²) < 4.78 is 12.8. The second-order valence-electron chi connectivity index (χ2n) is 4.99. The second-order valence-corrected chi connectivity index (χ2v) is 4.99. The zero-order chi connectivity index (χ0) is 13.0. The normalized spacial score (nSPS) is 20.0. The van der Waals surface area contributed by atoms with Crippen LogP contribution in [0.3, 0.4) is 0 Å². The number of piperidine rings is 1. The number of halogens is 2. The topological polar surface area (TPSA) is 41.6 Å². The Morgan fingerprint density at radius 2 is 2.11 bits per heavy atom. The molecule has 1 heterocycles. The van der Waals surface area contributed by atoms with Gasteiger partial charge in [-0.15, -0.1) is 24.0 Å². The molecule has 0 radical (unpaired) electrons. The molecule has 5 heteroatoms. The van der Waals surface area contributed by atoms with E-state index in [-0.39, 0.29) is 29.8 Å². The van der Waals surface area contributed by atoms with Crippen molar-refractivity contribution in [2.75, 3.05) is 13.1 Å². The Kier molecular flexibility index (Phi) is 6.54. The summed E-state index contributed by atoms with van der Waals surface area (Å²) in [6.45, 7) is 4.72. The molecule has 0 aliphatic carbocycles. The van der Waals surface area contributed by atoms with Gasteiger partial charge in [0.1, 0.15) is 5.82 Å². The molecule has 1 aliphatic heterocycles. The molecular formula is C14H21FIN3. The van der Waals surface area contributed by atoms with E-state index in [9.17, 15) is 4.39 Å². The first-order chi connectivity index (χ1) is 8.65. The average molecular weight is 377 g/mol. The van der Waals surface area contributed by atoms with Crippen molar-refractivity contribution in [2.24, 2.45) is 16.6 Å². The van der Waals surface area contributed by atoms with Gasteiger partial charge in [0, 0.05) is 13.1 Å². The molecule has 0 spiro atoms. The smallest absolute Gasteiger partial charge is 0.191 e. The predicted molar refractivity (Wildman–Crippen MR) is 87.1 cm³/mol. The van der Waals surface area contributed by atoms with Crippen LogP contribution >= 0.6 is 24.0 Å². The van der Waals surface area contributed by atoms with Crippen LogP contribution in [0.15, 0.2) is 29.3 Å². The summed E-state index contributed by atoms with van der Waals surface area (Å²) in [7, 11) is 0. The molecule has 2 rings (SSSR count). The van der Waals surface area contributed by atoms with Gasteiger partial charge in [0.05, 0.1) is 6.54 Å². The quantitative estimate of drug-likeness (QED) is 0.489. The molecule has 3 nitrogen and oxygen atoms in total. The molecule has 1 fully saturated rings. The number of nitrogens with zero attached hydrogens (tertiary/aromatic N) is 2. The van der Waals surface area contributed by atoms with Crippen LogP contribution in [0.5, 0.6) is 0 Å². The number of guanidine groups is 1. The maximum absolute atomic E-state index is 12.8. The molecule has 1 unspecified atom stereocenters. The summed E-state index contributed by atoms with van der Waals surface area (Å²) in [5.41, 5.74) is 6.97. The van der Waals surface area contributed by atoms with Crippen LogP contribution in [0, 0.1) is 11.7 Å². The Balaban J connectivity index is 0.00000180. The van der Waals surface area contributed by atoms with Gasteiger partial charge in [-0.3, -0.25) is 0 Å². The van der Waals surface area contributed by atoms with Crippen LogP contribution in [0.4, 0.5) is 4.39 Å². The average Bonchev–Trinajstić information content (AvgIpc) is 2.38. The van der Waals surface area contributed by atoms with Crippen LogP contribution in [-0.2, 0) is 6.54 Å². The SMILES string of the molecule is CC1CCCN(C(N)=NCc2ccc(F)cc2)C1.I. The van der Waals surface area contributed by atoms with Crippen molar-refractivity contribution in [3.8, 4) is 0 Å². The van der Waals surface area contributed by atoms with Crippen LogP contribution < -0.4 is 5.73 Å². The summed E-state index contributed by atoms with van der Waals surface area (Å²) in [6.07, 6.45) is 2.44. The highest BCUT2D eigenvalue weighted by atomic mass is 127. The predicted octanol–water partition coefficient (Wildman–Crippen LogP) is 2.99. The van der Waals surface area contributed by atoms with Crippen molar-refractivity contribution in [2.45, 2.75) is 26.3 Å². The van der Waals surface area contributed by atoms with Crippen molar-refractivity contribution < 1.29 is 4.39 Å². The lowest BCUT2D eigenvalue weighted by molar-refractivity contribution is 0.270. The lowest BCUT2D eigenvalue weighted by Crippen LogP contribution is -2.43. The number of benzene rings is 1. The van der Waals surface area contributed by atoms with Crippen LogP contribution in [-0.4, -0.2) is 23.9 Å². The lowest BCUT2D eigenvalue weighted by atomic mass is 10.0. The van der Waals surface area contributed by atoms with Gasteiger partial charge in [0.25, 0.3) is 0 Å². The first-order valence-corrected chi connectivity index (χ1v) is 6.44. The molecule has 1 aromatic rings. The molecule has 0 amide bonds. The molecule has 0 bridgehead atoms. The first-order valence-electron chi connectivity index (χ1n) is 6.44. The number of likely N-dealkylation sites (tertiary alicyclic amines) is 1. The van der Waals surface area contributed by atoms with E-state index < -0.39 is 0 Å². The van der Waals surface area contributed by atoms with E-state index in [1.54, 1.807) is 12.1 Å². The van der Waals surface area contributed by atoms with Gasteiger partial charge in [-0.1, -0.05) is 19.1 Å². The van der Waals surface area contributed by atoms with Crippen molar-refractivity contribution >= 4 is 29.9 Å². The van der Waals surface area contributed by atoms with Crippen LogP contribution in [0.25, 0.3) is 0 Å². The van der Waals surface area contributed by atoms with E-state index in [4.69, 9.17) is 5.73 Å². The van der Waals surface area contributed by atoms with Crippen molar-refractivity contribution in [1.82, 2.24) is 4.90 Å². The molecule has 0 aromatic heterocycles. The Labute approximate surface area is 131 Å². The van der Waals surface area contributed by atoms with Gasteiger partial charge in [0.2, 0.25) is 0 Å². The minimum atomic E-state index is -0.222. The van der Waals surface area contributed by atoms with Gasteiger partial charge < -0.3 is 10.6 Å². The third-order valence-corrected chi connectivity index (χ3v) is 3.32. The summed E-state index contributed by atoms with van der Waals surface area (Å²) in [5.74, 6) is 1.06. The number of hydrogen-bond donors (Lipinski definition) is 1. The highest BCUT2D eigenvalue weighted by Crippen LogP contribution is 2.15. The largest absolute Gasteiger partial charge is 0.370 e. The summed E-state index contributed by atoms with van der Waals surface area (Å²) in [4.78, 5) is 6.52. The van der Waals surface area contributed by atoms with Crippen molar-refractivity contribution in [3.05, 3.63) is 35.6 Å². The molecule has 1 atom stereocenters. The fourth-order valence-corrected chi connectivity index (χ4v) is 2.26.